The first-order valence-corrected chi connectivity index (χ1v) is 7.21. The number of nitrogens with one attached hydrogen (secondary N) is 1. The minimum Gasteiger partial charge on any atom is -0.394 e. The van der Waals surface area contributed by atoms with Crippen molar-refractivity contribution in [2.75, 3.05) is 26.4 Å². The second-order valence-corrected chi connectivity index (χ2v) is 5.03. The Bertz CT molecular complexity index is 424. The first-order chi connectivity index (χ1) is 9.63. The van der Waals surface area contributed by atoms with Gasteiger partial charge >= 0.3 is 0 Å². The normalized spacial score (nSPS) is 10.6. The summed E-state index contributed by atoms with van der Waals surface area (Å²) in [5.74, 6) is 0.0313. The van der Waals surface area contributed by atoms with Gasteiger partial charge in [-0.15, -0.1) is 0 Å². The van der Waals surface area contributed by atoms with Crippen LogP contribution in [0.15, 0.2) is 18.2 Å². The number of aliphatic hydroxyl groups excluding tert-OH is 1. The van der Waals surface area contributed by atoms with Crippen LogP contribution < -0.4 is 5.32 Å². The molecule has 112 valence electrons. The molecule has 4 nitrogen and oxygen atoms in total. The van der Waals surface area contributed by atoms with Crippen LogP contribution in [0.2, 0.25) is 5.02 Å². The minimum atomic E-state index is 0.0313. The predicted molar refractivity (Wildman–Crippen MR) is 80.0 cm³/mol. The molecule has 0 saturated carbocycles. The highest BCUT2D eigenvalue weighted by atomic mass is 35.5. The lowest BCUT2D eigenvalue weighted by atomic mass is 10.1. The van der Waals surface area contributed by atoms with Crippen LogP contribution in [0.1, 0.15) is 24.0 Å². The van der Waals surface area contributed by atoms with Crippen molar-refractivity contribution in [3.05, 3.63) is 34.3 Å². The molecular weight excluding hydrogens is 278 g/mol. The molecule has 0 heterocycles. The smallest absolute Gasteiger partial charge is 0.220 e. The van der Waals surface area contributed by atoms with Crippen LogP contribution in [0.25, 0.3) is 0 Å². The molecule has 0 aromatic heterocycles. The predicted octanol–water partition coefficient (Wildman–Crippen LogP) is 2.10. The highest BCUT2D eigenvalue weighted by Crippen LogP contribution is 2.17. The van der Waals surface area contributed by atoms with Crippen molar-refractivity contribution in [1.29, 1.82) is 0 Å². The molecule has 0 saturated heterocycles. The summed E-state index contributed by atoms with van der Waals surface area (Å²) in [5.41, 5.74) is 2.12. The van der Waals surface area contributed by atoms with Crippen molar-refractivity contribution in [3.63, 3.8) is 0 Å². The van der Waals surface area contributed by atoms with E-state index < -0.39 is 0 Å². The topological polar surface area (TPSA) is 58.6 Å². The number of carbonyl (C=O) groups is 1. The monoisotopic (exact) mass is 299 g/mol. The van der Waals surface area contributed by atoms with Crippen LogP contribution in [0.5, 0.6) is 0 Å². The average Bonchev–Trinajstić information content (AvgIpc) is 2.44. The Hall–Kier alpha value is -1.10. The van der Waals surface area contributed by atoms with Gasteiger partial charge in [-0.3, -0.25) is 4.79 Å². The van der Waals surface area contributed by atoms with Crippen LogP contribution in [-0.2, 0) is 16.0 Å². The molecule has 0 aliphatic carbocycles. The SMILES string of the molecule is Cc1ccc(CCC(=O)NCCCOCCO)cc1Cl. The van der Waals surface area contributed by atoms with Gasteiger partial charge in [-0.25, -0.2) is 0 Å². The highest BCUT2D eigenvalue weighted by molar-refractivity contribution is 6.31. The summed E-state index contributed by atoms with van der Waals surface area (Å²) in [6.45, 7) is 3.48. The number of aliphatic hydroxyl groups is 1. The number of halogens is 1. The van der Waals surface area contributed by atoms with Gasteiger partial charge in [0.25, 0.3) is 0 Å². The van der Waals surface area contributed by atoms with Crippen LogP contribution in [0.4, 0.5) is 0 Å². The molecule has 20 heavy (non-hydrogen) atoms. The van der Waals surface area contributed by atoms with E-state index >= 15 is 0 Å². The number of ether oxygens (including phenoxy) is 1. The van der Waals surface area contributed by atoms with E-state index in [1.807, 2.05) is 25.1 Å². The van der Waals surface area contributed by atoms with Crippen LogP contribution in [0.3, 0.4) is 0 Å². The van der Waals surface area contributed by atoms with Crippen molar-refractivity contribution in [3.8, 4) is 0 Å². The lowest BCUT2D eigenvalue weighted by Crippen LogP contribution is -2.25. The van der Waals surface area contributed by atoms with Crippen LogP contribution >= 0.6 is 11.6 Å². The molecule has 1 amide bonds. The number of benzene rings is 1. The highest BCUT2D eigenvalue weighted by Gasteiger charge is 2.03. The average molecular weight is 300 g/mol. The number of aryl methyl sites for hydroxylation is 2. The van der Waals surface area contributed by atoms with Crippen molar-refractivity contribution < 1.29 is 14.6 Å². The Morgan fingerprint density at radius 3 is 2.90 bits per heavy atom. The van der Waals surface area contributed by atoms with E-state index in [2.05, 4.69) is 5.32 Å². The molecule has 2 N–H and O–H groups in total. The summed E-state index contributed by atoms with van der Waals surface area (Å²) in [5, 5.41) is 12.1. The Labute approximate surface area is 125 Å². The van der Waals surface area contributed by atoms with Gasteiger partial charge < -0.3 is 15.2 Å². The summed E-state index contributed by atoms with van der Waals surface area (Å²) in [7, 11) is 0. The molecule has 1 aromatic carbocycles. The zero-order chi connectivity index (χ0) is 14.8. The second-order valence-electron chi connectivity index (χ2n) is 4.62. The summed E-state index contributed by atoms with van der Waals surface area (Å²) < 4.78 is 5.10. The molecule has 0 spiro atoms. The molecule has 0 fully saturated rings. The van der Waals surface area contributed by atoms with Crippen LogP contribution in [0, 0.1) is 6.92 Å². The van der Waals surface area contributed by atoms with Gasteiger partial charge in [0.1, 0.15) is 0 Å². The maximum Gasteiger partial charge on any atom is 0.220 e. The first kappa shape index (κ1) is 17.0. The van der Waals surface area contributed by atoms with Crippen molar-refractivity contribution >= 4 is 17.5 Å². The third-order valence-electron chi connectivity index (χ3n) is 2.90. The fraction of sp³-hybridized carbons (Fsp3) is 0.533. The molecule has 0 unspecified atom stereocenters. The number of hydrogen-bond acceptors (Lipinski definition) is 3. The van der Waals surface area contributed by atoms with Gasteiger partial charge in [0, 0.05) is 24.6 Å². The van der Waals surface area contributed by atoms with E-state index in [9.17, 15) is 4.79 Å². The Balaban J connectivity index is 2.15. The summed E-state index contributed by atoms with van der Waals surface area (Å²) in [4.78, 5) is 11.6. The number of hydrogen-bond donors (Lipinski definition) is 2. The number of carbonyl (C=O) groups excluding carboxylic acids is 1. The number of amides is 1. The summed E-state index contributed by atoms with van der Waals surface area (Å²) in [6.07, 6.45) is 1.89. The molecule has 0 radical (unpaired) electrons. The molecule has 5 heteroatoms. The van der Waals surface area contributed by atoms with E-state index in [0.29, 0.717) is 32.6 Å². The molecule has 1 rings (SSSR count). The fourth-order valence-electron chi connectivity index (χ4n) is 1.71. The molecule has 0 aliphatic rings. The minimum absolute atomic E-state index is 0.0313. The number of rotatable bonds is 9. The molecule has 0 aliphatic heterocycles. The largest absolute Gasteiger partial charge is 0.394 e. The van der Waals surface area contributed by atoms with Gasteiger partial charge in [0.2, 0.25) is 5.91 Å². The zero-order valence-corrected chi connectivity index (χ0v) is 12.6. The lowest BCUT2D eigenvalue weighted by molar-refractivity contribution is -0.121. The van der Waals surface area contributed by atoms with Gasteiger partial charge in [-0.1, -0.05) is 23.7 Å². The van der Waals surface area contributed by atoms with Crippen molar-refractivity contribution in [2.45, 2.75) is 26.2 Å². The van der Waals surface area contributed by atoms with Gasteiger partial charge in [0.15, 0.2) is 0 Å². The van der Waals surface area contributed by atoms with Gasteiger partial charge in [-0.2, -0.15) is 0 Å². The lowest BCUT2D eigenvalue weighted by Gasteiger charge is -2.06. The third kappa shape index (κ3) is 6.89. The van der Waals surface area contributed by atoms with Crippen molar-refractivity contribution in [1.82, 2.24) is 5.32 Å². The summed E-state index contributed by atoms with van der Waals surface area (Å²) in [6, 6.07) is 5.87. The van der Waals surface area contributed by atoms with E-state index in [4.69, 9.17) is 21.4 Å². The third-order valence-corrected chi connectivity index (χ3v) is 3.31. The first-order valence-electron chi connectivity index (χ1n) is 6.84. The van der Waals surface area contributed by atoms with Crippen molar-refractivity contribution in [2.24, 2.45) is 0 Å². The quantitative estimate of drug-likeness (QED) is 0.687. The Kier molecular flexibility index (Phi) is 8.26. The maximum absolute atomic E-state index is 11.6. The second kappa shape index (κ2) is 9.75. The van der Waals surface area contributed by atoms with Crippen LogP contribution in [-0.4, -0.2) is 37.4 Å². The molecular formula is C15H22ClNO3. The van der Waals surface area contributed by atoms with E-state index in [1.165, 1.54) is 0 Å². The maximum atomic E-state index is 11.6. The van der Waals surface area contributed by atoms with E-state index in [1.54, 1.807) is 0 Å². The fourth-order valence-corrected chi connectivity index (χ4v) is 1.91. The summed E-state index contributed by atoms with van der Waals surface area (Å²) >= 11 is 6.04. The van der Waals surface area contributed by atoms with Gasteiger partial charge in [-0.05, 0) is 37.0 Å². The zero-order valence-electron chi connectivity index (χ0n) is 11.8. The van der Waals surface area contributed by atoms with Gasteiger partial charge in [0.05, 0.1) is 13.2 Å². The molecule has 0 atom stereocenters. The van der Waals surface area contributed by atoms with E-state index in [-0.39, 0.29) is 12.5 Å². The van der Waals surface area contributed by atoms with E-state index in [0.717, 1.165) is 22.6 Å². The standard InChI is InChI=1S/C15H22ClNO3/c1-12-3-4-13(11-14(12)16)5-6-15(19)17-7-2-9-20-10-8-18/h3-4,11,18H,2,5-10H2,1H3,(H,17,19). The molecule has 0 bridgehead atoms. The molecule has 1 aromatic rings. The Morgan fingerprint density at radius 1 is 1.40 bits per heavy atom. The Morgan fingerprint density at radius 2 is 2.20 bits per heavy atom.